The van der Waals surface area contributed by atoms with Gasteiger partial charge in [0.2, 0.25) is 0 Å². The maximum absolute atomic E-state index is 12.2. The van der Waals surface area contributed by atoms with Gasteiger partial charge in [-0.3, -0.25) is 0 Å². The quantitative estimate of drug-likeness (QED) is 0.782. The van der Waals surface area contributed by atoms with Gasteiger partial charge in [0.05, 0.1) is 17.9 Å². The molecule has 0 saturated carbocycles. The number of anilines is 2. The number of hydrogen-bond acceptors (Lipinski definition) is 3. The number of para-hydroxylation sites is 1. The van der Waals surface area contributed by atoms with Crippen LogP contribution in [0, 0.1) is 0 Å². The van der Waals surface area contributed by atoms with E-state index >= 15 is 0 Å². The molecule has 22 heavy (non-hydrogen) atoms. The lowest BCUT2D eigenvalue weighted by Crippen LogP contribution is -2.16. The Labute approximate surface area is 129 Å². The van der Waals surface area contributed by atoms with Gasteiger partial charge in [0.25, 0.3) is 0 Å². The smallest absolute Gasteiger partial charge is 0.338 e. The van der Waals surface area contributed by atoms with Crippen LogP contribution in [0.15, 0.2) is 36.4 Å². The molecule has 0 bridgehead atoms. The SMILES string of the molecule is CCOC(=O)c1cccc2c1C=Cc1cccc3c1N2CC3. The second-order valence-electron chi connectivity index (χ2n) is 5.55. The average Bonchev–Trinajstić information content (AvgIpc) is 2.89. The number of nitrogens with zero attached hydrogens (tertiary/aromatic N) is 1. The van der Waals surface area contributed by atoms with Gasteiger partial charge in [-0.25, -0.2) is 4.79 Å². The monoisotopic (exact) mass is 291 g/mol. The van der Waals surface area contributed by atoms with Gasteiger partial charge >= 0.3 is 5.97 Å². The summed E-state index contributed by atoms with van der Waals surface area (Å²) in [5.41, 5.74) is 6.53. The van der Waals surface area contributed by atoms with E-state index in [-0.39, 0.29) is 5.97 Å². The van der Waals surface area contributed by atoms with E-state index in [1.54, 1.807) is 0 Å². The summed E-state index contributed by atoms with van der Waals surface area (Å²) in [6.07, 6.45) is 5.18. The van der Waals surface area contributed by atoms with E-state index in [1.807, 2.05) is 25.1 Å². The molecule has 0 saturated heterocycles. The highest BCUT2D eigenvalue weighted by molar-refractivity contribution is 6.01. The molecule has 2 heterocycles. The van der Waals surface area contributed by atoms with Gasteiger partial charge in [-0.05, 0) is 36.6 Å². The van der Waals surface area contributed by atoms with Crippen molar-refractivity contribution >= 4 is 29.5 Å². The summed E-state index contributed by atoms with van der Waals surface area (Å²) in [7, 11) is 0. The van der Waals surface area contributed by atoms with E-state index in [2.05, 4.69) is 35.2 Å². The van der Waals surface area contributed by atoms with Crippen LogP contribution in [-0.4, -0.2) is 19.1 Å². The highest BCUT2D eigenvalue weighted by Gasteiger charge is 2.27. The summed E-state index contributed by atoms with van der Waals surface area (Å²) in [6.45, 7) is 3.17. The molecule has 2 aromatic carbocycles. The Morgan fingerprint density at radius 2 is 2.05 bits per heavy atom. The van der Waals surface area contributed by atoms with Crippen molar-refractivity contribution in [2.45, 2.75) is 13.3 Å². The zero-order valence-electron chi connectivity index (χ0n) is 12.5. The van der Waals surface area contributed by atoms with Crippen LogP contribution in [-0.2, 0) is 11.2 Å². The molecule has 110 valence electrons. The summed E-state index contributed by atoms with van der Waals surface area (Å²) in [4.78, 5) is 14.6. The maximum Gasteiger partial charge on any atom is 0.338 e. The molecule has 0 radical (unpaired) electrons. The Morgan fingerprint density at radius 1 is 1.18 bits per heavy atom. The van der Waals surface area contributed by atoms with Crippen molar-refractivity contribution < 1.29 is 9.53 Å². The Kier molecular flexibility index (Phi) is 3.00. The Morgan fingerprint density at radius 3 is 2.91 bits per heavy atom. The van der Waals surface area contributed by atoms with E-state index in [4.69, 9.17) is 4.74 Å². The van der Waals surface area contributed by atoms with Crippen LogP contribution in [0.2, 0.25) is 0 Å². The van der Waals surface area contributed by atoms with E-state index in [1.165, 1.54) is 16.8 Å². The van der Waals surface area contributed by atoms with E-state index in [9.17, 15) is 4.79 Å². The third kappa shape index (κ3) is 1.86. The second kappa shape index (κ2) is 5.02. The molecular formula is C19H17NO2. The molecule has 0 aliphatic carbocycles. The number of carbonyl (C=O) groups is 1. The zero-order valence-corrected chi connectivity index (χ0v) is 12.5. The molecule has 4 rings (SSSR count). The standard InChI is InChI=1S/C19H17NO2/c1-2-22-19(21)16-7-4-8-17-15(16)10-9-13-5-3-6-14-11-12-20(17)18(13)14/h3-10H,2,11-12H2,1H3. The molecule has 3 heteroatoms. The third-order valence-electron chi connectivity index (χ3n) is 4.32. The predicted octanol–water partition coefficient (Wildman–Crippen LogP) is 4.04. The fraction of sp³-hybridized carbons (Fsp3) is 0.211. The number of carbonyl (C=O) groups excluding carboxylic acids is 1. The van der Waals surface area contributed by atoms with Crippen molar-refractivity contribution in [3.05, 3.63) is 58.7 Å². The number of rotatable bonds is 2. The molecule has 3 nitrogen and oxygen atoms in total. The summed E-state index contributed by atoms with van der Waals surface area (Å²) in [5, 5.41) is 0. The number of ether oxygens (including phenoxy) is 1. The molecule has 0 fully saturated rings. The Bertz CT molecular complexity index is 792. The summed E-state index contributed by atoms with van der Waals surface area (Å²) < 4.78 is 5.20. The molecule has 0 unspecified atom stereocenters. The molecule has 2 aliphatic rings. The van der Waals surface area contributed by atoms with Crippen molar-refractivity contribution in [3.63, 3.8) is 0 Å². The fourth-order valence-corrected chi connectivity index (χ4v) is 3.39. The van der Waals surface area contributed by atoms with Crippen molar-refractivity contribution in [3.8, 4) is 0 Å². The molecular weight excluding hydrogens is 274 g/mol. The second-order valence-corrected chi connectivity index (χ2v) is 5.55. The lowest BCUT2D eigenvalue weighted by atomic mass is 10.0. The van der Waals surface area contributed by atoms with Crippen LogP contribution in [0.4, 0.5) is 11.4 Å². The molecule has 0 atom stereocenters. The van der Waals surface area contributed by atoms with Gasteiger partial charge in [-0.1, -0.05) is 36.4 Å². The summed E-state index contributed by atoms with van der Waals surface area (Å²) in [5.74, 6) is -0.255. The van der Waals surface area contributed by atoms with Crippen molar-refractivity contribution in [1.82, 2.24) is 0 Å². The fourth-order valence-electron chi connectivity index (χ4n) is 3.39. The number of benzene rings is 2. The van der Waals surface area contributed by atoms with Crippen LogP contribution >= 0.6 is 0 Å². The van der Waals surface area contributed by atoms with Gasteiger partial charge in [0.15, 0.2) is 0 Å². The van der Waals surface area contributed by atoms with Gasteiger partial charge in [0, 0.05) is 17.8 Å². The zero-order chi connectivity index (χ0) is 15.1. The van der Waals surface area contributed by atoms with E-state index in [0.717, 1.165) is 24.2 Å². The molecule has 2 aliphatic heterocycles. The topological polar surface area (TPSA) is 29.5 Å². The first-order chi connectivity index (χ1) is 10.8. The van der Waals surface area contributed by atoms with Gasteiger partial charge in [-0.2, -0.15) is 0 Å². The molecule has 0 N–H and O–H groups in total. The number of fused-ring (bicyclic) bond motifs is 2. The maximum atomic E-state index is 12.2. The molecule has 0 spiro atoms. The Balaban J connectivity index is 1.92. The molecule has 0 amide bonds. The van der Waals surface area contributed by atoms with Crippen molar-refractivity contribution in [2.75, 3.05) is 18.1 Å². The normalized spacial score (nSPS) is 14.3. The van der Waals surface area contributed by atoms with Crippen LogP contribution in [0.5, 0.6) is 0 Å². The summed E-state index contributed by atoms with van der Waals surface area (Å²) >= 11 is 0. The average molecular weight is 291 g/mol. The first-order valence-corrected chi connectivity index (χ1v) is 7.67. The lowest BCUT2D eigenvalue weighted by molar-refractivity contribution is 0.0526. The van der Waals surface area contributed by atoms with Crippen LogP contribution in [0.1, 0.15) is 34.0 Å². The first kappa shape index (κ1) is 13.1. The van der Waals surface area contributed by atoms with Crippen molar-refractivity contribution in [2.24, 2.45) is 0 Å². The summed E-state index contributed by atoms with van der Waals surface area (Å²) in [6, 6.07) is 12.3. The largest absolute Gasteiger partial charge is 0.462 e. The molecule has 2 aromatic rings. The van der Waals surface area contributed by atoms with E-state index in [0.29, 0.717) is 12.2 Å². The number of hydrogen-bond donors (Lipinski definition) is 0. The van der Waals surface area contributed by atoms with Crippen molar-refractivity contribution in [1.29, 1.82) is 0 Å². The van der Waals surface area contributed by atoms with Crippen LogP contribution < -0.4 is 4.90 Å². The first-order valence-electron chi connectivity index (χ1n) is 7.67. The minimum Gasteiger partial charge on any atom is -0.462 e. The predicted molar refractivity (Wildman–Crippen MR) is 88.5 cm³/mol. The minimum atomic E-state index is -0.255. The lowest BCUT2D eigenvalue weighted by Gasteiger charge is -2.22. The van der Waals surface area contributed by atoms with Gasteiger partial charge in [0.1, 0.15) is 0 Å². The number of esters is 1. The highest BCUT2D eigenvalue weighted by atomic mass is 16.5. The Hall–Kier alpha value is -2.55. The van der Waals surface area contributed by atoms with E-state index < -0.39 is 0 Å². The minimum absolute atomic E-state index is 0.255. The van der Waals surface area contributed by atoms with Crippen LogP contribution in [0.3, 0.4) is 0 Å². The highest BCUT2D eigenvalue weighted by Crippen LogP contribution is 2.43. The molecule has 0 aromatic heterocycles. The third-order valence-corrected chi connectivity index (χ3v) is 4.32. The van der Waals surface area contributed by atoms with Gasteiger partial charge < -0.3 is 9.64 Å². The van der Waals surface area contributed by atoms with Crippen LogP contribution in [0.25, 0.3) is 12.2 Å². The van der Waals surface area contributed by atoms with Gasteiger partial charge in [-0.15, -0.1) is 0 Å².